The minimum Gasteiger partial charge on any atom is -0.303 e. The zero-order valence-electron chi connectivity index (χ0n) is 7.65. The van der Waals surface area contributed by atoms with E-state index >= 15 is 0 Å². The third kappa shape index (κ3) is 1.61. The Morgan fingerprint density at radius 3 is 3.00 bits per heavy atom. The van der Waals surface area contributed by atoms with Crippen LogP contribution in [0.15, 0.2) is 23.5 Å². The van der Waals surface area contributed by atoms with E-state index in [0.717, 1.165) is 11.5 Å². The molecule has 1 aromatic heterocycles. The zero-order valence-corrected chi connectivity index (χ0v) is 7.65. The highest BCUT2D eigenvalue weighted by Crippen LogP contribution is 2.04. The molecule has 0 aliphatic rings. The molecule has 0 spiro atoms. The molecule has 0 saturated heterocycles. The van der Waals surface area contributed by atoms with Crippen LogP contribution in [-0.4, -0.2) is 22.8 Å². The van der Waals surface area contributed by atoms with Crippen LogP contribution in [0.5, 0.6) is 0 Å². The number of allylic oxidation sites excluding steroid dienone is 2. The highest BCUT2D eigenvalue weighted by molar-refractivity contribution is 5.76. The van der Waals surface area contributed by atoms with E-state index in [9.17, 15) is 0 Å². The van der Waals surface area contributed by atoms with E-state index in [0.29, 0.717) is 0 Å². The topological polar surface area (TPSA) is 30.2 Å². The van der Waals surface area contributed by atoms with Crippen molar-refractivity contribution < 1.29 is 0 Å². The molecule has 3 nitrogen and oxygen atoms in total. The smallest absolute Gasteiger partial charge is 0.154 e. The van der Waals surface area contributed by atoms with Crippen molar-refractivity contribution in [3.63, 3.8) is 0 Å². The van der Waals surface area contributed by atoms with E-state index in [1.807, 2.05) is 30.7 Å². The van der Waals surface area contributed by atoms with Gasteiger partial charge in [0.05, 0.1) is 6.21 Å². The van der Waals surface area contributed by atoms with Crippen molar-refractivity contribution in [3.8, 4) is 0 Å². The van der Waals surface area contributed by atoms with Crippen molar-refractivity contribution in [1.29, 1.82) is 0 Å². The second kappa shape index (κ2) is 3.85. The van der Waals surface area contributed by atoms with Gasteiger partial charge >= 0.3 is 0 Å². The molecule has 3 heteroatoms. The average molecular weight is 163 g/mol. The summed E-state index contributed by atoms with van der Waals surface area (Å²) in [5.41, 5.74) is 1.16. The van der Waals surface area contributed by atoms with Gasteiger partial charge in [-0.1, -0.05) is 6.08 Å². The van der Waals surface area contributed by atoms with Crippen LogP contribution in [0.4, 0.5) is 0 Å². The van der Waals surface area contributed by atoms with Gasteiger partial charge in [0.25, 0.3) is 0 Å². The standard InChI is InChI=1S/C9H13N3/c1-4-8(2)12-6-5-11-9(12)7-10-3/h4-7H,1-3H3/b8-4-,10-7-. The first-order chi connectivity index (χ1) is 5.79. The second-order valence-electron chi connectivity index (χ2n) is 2.47. The summed E-state index contributed by atoms with van der Waals surface area (Å²) >= 11 is 0. The predicted octanol–water partition coefficient (Wildman–Crippen LogP) is 1.81. The van der Waals surface area contributed by atoms with E-state index in [4.69, 9.17) is 0 Å². The van der Waals surface area contributed by atoms with Crippen molar-refractivity contribution in [3.05, 3.63) is 24.3 Å². The van der Waals surface area contributed by atoms with Gasteiger partial charge in [0, 0.05) is 25.1 Å². The second-order valence-corrected chi connectivity index (χ2v) is 2.47. The number of aromatic nitrogens is 2. The summed E-state index contributed by atoms with van der Waals surface area (Å²) in [4.78, 5) is 8.07. The molecule has 0 amide bonds. The van der Waals surface area contributed by atoms with Crippen LogP contribution in [0.3, 0.4) is 0 Å². The van der Waals surface area contributed by atoms with E-state index in [2.05, 4.69) is 9.98 Å². The largest absolute Gasteiger partial charge is 0.303 e. The highest BCUT2D eigenvalue weighted by Gasteiger charge is 1.98. The zero-order chi connectivity index (χ0) is 8.97. The fourth-order valence-electron chi connectivity index (χ4n) is 0.963. The normalized spacial score (nSPS) is 12.8. The van der Waals surface area contributed by atoms with Crippen molar-refractivity contribution in [1.82, 2.24) is 9.55 Å². The first-order valence-corrected chi connectivity index (χ1v) is 3.88. The summed E-state index contributed by atoms with van der Waals surface area (Å²) < 4.78 is 1.99. The number of hydrogen-bond acceptors (Lipinski definition) is 2. The maximum absolute atomic E-state index is 4.15. The lowest BCUT2D eigenvalue weighted by atomic mass is 10.4. The van der Waals surface area contributed by atoms with Gasteiger partial charge in [-0.2, -0.15) is 0 Å². The summed E-state index contributed by atoms with van der Waals surface area (Å²) in [6, 6.07) is 0. The van der Waals surface area contributed by atoms with Crippen LogP contribution in [-0.2, 0) is 0 Å². The first-order valence-electron chi connectivity index (χ1n) is 3.88. The number of aliphatic imine (C=N–C) groups is 1. The van der Waals surface area contributed by atoms with Crippen molar-refractivity contribution in [2.24, 2.45) is 4.99 Å². The van der Waals surface area contributed by atoms with Crippen LogP contribution >= 0.6 is 0 Å². The predicted molar refractivity (Wildman–Crippen MR) is 51.4 cm³/mol. The number of rotatable bonds is 2. The molecule has 64 valence electrons. The SMILES string of the molecule is C/C=C(/C)n1ccnc1/C=N\C. The Balaban J connectivity index is 3.07. The molecule has 0 aliphatic carbocycles. The lowest BCUT2D eigenvalue weighted by Crippen LogP contribution is -1.98. The number of nitrogens with zero attached hydrogens (tertiary/aromatic N) is 3. The molecule has 0 fully saturated rings. The molecule has 12 heavy (non-hydrogen) atoms. The van der Waals surface area contributed by atoms with E-state index in [1.54, 1.807) is 19.5 Å². The van der Waals surface area contributed by atoms with Gasteiger partial charge in [-0.3, -0.25) is 4.99 Å². The van der Waals surface area contributed by atoms with Crippen LogP contribution < -0.4 is 0 Å². The molecular formula is C9H13N3. The number of imidazole rings is 1. The highest BCUT2D eigenvalue weighted by atomic mass is 15.1. The molecule has 0 aliphatic heterocycles. The third-order valence-electron chi connectivity index (χ3n) is 1.71. The Kier molecular flexibility index (Phi) is 2.80. The van der Waals surface area contributed by atoms with Gasteiger partial charge in [0.15, 0.2) is 5.82 Å². The van der Waals surface area contributed by atoms with E-state index < -0.39 is 0 Å². The Hall–Kier alpha value is -1.38. The Morgan fingerprint density at radius 1 is 1.67 bits per heavy atom. The van der Waals surface area contributed by atoms with Crippen LogP contribution in [0.1, 0.15) is 19.7 Å². The van der Waals surface area contributed by atoms with Crippen molar-refractivity contribution >= 4 is 11.9 Å². The minimum absolute atomic E-state index is 0.869. The molecule has 0 atom stereocenters. The minimum atomic E-state index is 0.869. The summed E-state index contributed by atoms with van der Waals surface area (Å²) in [7, 11) is 1.74. The van der Waals surface area contributed by atoms with Gasteiger partial charge in [-0.25, -0.2) is 4.98 Å². The molecule has 1 rings (SSSR count). The first kappa shape index (κ1) is 8.71. The van der Waals surface area contributed by atoms with Crippen LogP contribution in [0, 0.1) is 0 Å². The van der Waals surface area contributed by atoms with Gasteiger partial charge in [0.2, 0.25) is 0 Å². The Bertz CT molecular complexity index is 307. The van der Waals surface area contributed by atoms with Gasteiger partial charge < -0.3 is 4.57 Å². The fraction of sp³-hybridized carbons (Fsp3) is 0.333. The summed E-state index contributed by atoms with van der Waals surface area (Å²) in [5, 5.41) is 0. The lowest BCUT2D eigenvalue weighted by molar-refractivity contribution is 1.05. The maximum Gasteiger partial charge on any atom is 0.154 e. The summed E-state index contributed by atoms with van der Waals surface area (Å²) in [6.45, 7) is 4.04. The van der Waals surface area contributed by atoms with Crippen LogP contribution in [0.2, 0.25) is 0 Å². The molecule has 0 saturated carbocycles. The van der Waals surface area contributed by atoms with Gasteiger partial charge in [-0.15, -0.1) is 0 Å². The van der Waals surface area contributed by atoms with Gasteiger partial charge in [-0.05, 0) is 13.8 Å². The van der Waals surface area contributed by atoms with E-state index in [-0.39, 0.29) is 0 Å². The molecule has 0 aromatic carbocycles. The fourth-order valence-corrected chi connectivity index (χ4v) is 0.963. The summed E-state index contributed by atoms with van der Waals surface area (Å²) in [5.74, 6) is 0.869. The van der Waals surface area contributed by atoms with Gasteiger partial charge in [0.1, 0.15) is 0 Å². The van der Waals surface area contributed by atoms with E-state index in [1.165, 1.54) is 0 Å². The third-order valence-corrected chi connectivity index (χ3v) is 1.71. The lowest BCUT2D eigenvalue weighted by Gasteiger charge is -2.02. The average Bonchev–Trinajstić information content (AvgIpc) is 2.52. The molecule has 0 N–H and O–H groups in total. The Labute approximate surface area is 72.5 Å². The molecule has 1 heterocycles. The molecule has 0 unspecified atom stereocenters. The Morgan fingerprint density at radius 2 is 2.42 bits per heavy atom. The van der Waals surface area contributed by atoms with Crippen LogP contribution in [0.25, 0.3) is 5.70 Å². The summed E-state index contributed by atoms with van der Waals surface area (Å²) in [6.07, 6.45) is 7.47. The maximum atomic E-state index is 4.15. The molecule has 0 radical (unpaired) electrons. The molecule has 1 aromatic rings. The molecular weight excluding hydrogens is 150 g/mol. The monoisotopic (exact) mass is 163 g/mol. The van der Waals surface area contributed by atoms with Crippen molar-refractivity contribution in [2.45, 2.75) is 13.8 Å². The van der Waals surface area contributed by atoms with Crippen molar-refractivity contribution in [2.75, 3.05) is 7.05 Å². The quantitative estimate of drug-likeness (QED) is 0.611. The number of hydrogen-bond donors (Lipinski definition) is 0. The molecule has 0 bridgehead atoms.